The van der Waals surface area contributed by atoms with Gasteiger partial charge in [-0.2, -0.15) is 0 Å². The van der Waals surface area contributed by atoms with E-state index < -0.39 is 0 Å². The van der Waals surface area contributed by atoms with E-state index in [0.29, 0.717) is 12.0 Å². The number of likely N-dealkylation sites (tertiary alicyclic amines) is 1. The van der Waals surface area contributed by atoms with E-state index in [1.165, 1.54) is 24.0 Å². The van der Waals surface area contributed by atoms with Crippen LogP contribution in [0.15, 0.2) is 12.1 Å². The Labute approximate surface area is 179 Å². The Morgan fingerprint density at radius 2 is 2.00 bits per heavy atom. The lowest BCUT2D eigenvalue weighted by Crippen LogP contribution is -2.41. The third-order valence-electron chi connectivity index (χ3n) is 6.37. The summed E-state index contributed by atoms with van der Waals surface area (Å²) in [5.41, 5.74) is 4.78. The number of rotatable bonds is 3. The fraction of sp³-hybridized carbons (Fsp3) is 0.600. The number of piperidine rings is 1. The summed E-state index contributed by atoms with van der Waals surface area (Å²) < 4.78 is 0. The van der Waals surface area contributed by atoms with E-state index in [-0.39, 0.29) is 36.8 Å². The summed E-state index contributed by atoms with van der Waals surface area (Å²) in [5.74, 6) is 0.940. The molecule has 156 valence electrons. The van der Waals surface area contributed by atoms with Gasteiger partial charge in [-0.1, -0.05) is 6.07 Å². The summed E-state index contributed by atoms with van der Waals surface area (Å²) >= 11 is 0. The van der Waals surface area contributed by atoms with E-state index in [9.17, 15) is 4.79 Å². The number of carbonyl (C=O) groups is 1. The monoisotopic (exact) mass is 427 g/mol. The Morgan fingerprint density at radius 3 is 2.71 bits per heavy atom. The zero-order valence-electron chi connectivity index (χ0n) is 16.8. The van der Waals surface area contributed by atoms with Crippen molar-refractivity contribution >= 4 is 41.8 Å². The van der Waals surface area contributed by atoms with E-state index >= 15 is 0 Å². The molecular weight excluding hydrogens is 397 g/mol. The SMILES string of the molecule is Cc1ccc2[nH]c(CNC(=O)C3CC4(CCNCC4)CN3C)nc2c1C.Cl.Cl. The van der Waals surface area contributed by atoms with Crippen molar-refractivity contribution in [3.63, 3.8) is 0 Å². The molecule has 1 amide bonds. The number of aromatic nitrogens is 2. The first kappa shape index (κ1) is 22.9. The average molecular weight is 428 g/mol. The number of aromatic amines is 1. The van der Waals surface area contributed by atoms with Crippen LogP contribution in [0.1, 0.15) is 36.2 Å². The van der Waals surface area contributed by atoms with Crippen LogP contribution in [0.25, 0.3) is 11.0 Å². The fourth-order valence-electron chi connectivity index (χ4n) is 4.62. The molecule has 1 atom stereocenters. The van der Waals surface area contributed by atoms with Crippen LogP contribution in [0.3, 0.4) is 0 Å². The Morgan fingerprint density at radius 1 is 1.29 bits per heavy atom. The lowest BCUT2D eigenvalue weighted by Gasteiger charge is -2.33. The molecule has 8 heteroatoms. The average Bonchev–Trinajstić information content (AvgIpc) is 3.18. The molecule has 2 fully saturated rings. The van der Waals surface area contributed by atoms with Crippen molar-refractivity contribution in [1.29, 1.82) is 0 Å². The molecule has 1 aromatic carbocycles. The second kappa shape index (κ2) is 8.99. The molecule has 0 saturated carbocycles. The van der Waals surface area contributed by atoms with Gasteiger partial charge in [0.2, 0.25) is 5.91 Å². The number of amides is 1. The van der Waals surface area contributed by atoms with E-state index in [4.69, 9.17) is 0 Å². The molecule has 2 saturated heterocycles. The van der Waals surface area contributed by atoms with Crippen LogP contribution in [0.5, 0.6) is 0 Å². The molecule has 0 radical (unpaired) electrons. The number of nitrogens with zero attached hydrogens (tertiary/aromatic N) is 2. The van der Waals surface area contributed by atoms with Gasteiger partial charge in [0.1, 0.15) is 5.82 Å². The summed E-state index contributed by atoms with van der Waals surface area (Å²) in [6.07, 6.45) is 3.31. The summed E-state index contributed by atoms with van der Waals surface area (Å²) in [6, 6.07) is 4.13. The van der Waals surface area contributed by atoms with Gasteiger partial charge in [-0.05, 0) is 75.9 Å². The highest BCUT2D eigenvalue weighted by Gasteiger charge is 2.45. The highest BCUT2D eigenvalue weighted by atomic mass is 35.5. The number of aryl methyl sites for hydroxylation is 2. The van der Waals surface area contributed by atoms with Crippen LogP contribution in [-0.2, 0) is 11.3 Å². The molecule has 1 unspecified atom stereocenters. The summed E-state index contributed by atoms with van der Waals surface area (Å²) in [4.78, 5) is 23.0. The lowest BCUT2D eigenvalue weighted by molar-refractivity contribution is -0.125. The first-order valence-corrected chi connectivity index (χ1v) is 9.61. The zero-order valence-corrected chi connectivity index (χ0v) is 18.4. The number of H-pyrrole nitrogens is 1. The number of nitrogens with one attached hydrogen (secondary N) is 3. The quantitative estimate of drug-likeness (QED) is 0.703. The molecule has 4 rings (SSSR count). The van der Waals surface area contributed by atoms with Crippen LogP contribution in [0.4, 0.5) is 0 Å². The lowest BCUT2D eigenvalue weighted by atomic mass is 9.77. The van der Waals surface area contributed by atoms with Gasteiger partial charge < -0.3 is 15.6 Å². The zero-order chi connectivity index (χ0) is 18.3. The van der Waals surface area contributed by atoms with Gasteiger partial charge in [0, 0.05) is 6.54 Å². The van der Waals surface area contributed by atoms with Crippen molar-refractivity contribution in [2.75, 3.05) is 26.7 Å². The van der Waals surface area contributed by atoms with Crippen LogP contribution < -0.4 is 10.6 Å². The molecule has 28 heavy (non-hydrogen) atoms. The highest BCUT2D eigenvalue weighted by Crippen LogP contribution is 2.41. The maximum absolute atomic E-state index is 12.8. The third-order valence-corrected chi connectivity index (χ3v) is 6.37. The minimum absolute atomic E-state index is 0. The summed E-state index contributed by atoms with van der Waals surface area (Å²) in [6.45, 7) is 7.80. The maximum Gasteiger partial charge on any atom is 0.237 e. The first-order valence-electron chi connectivity index (χ1n) is 9.61. The summed E-state index contributed by atoms with van der Waals surface area (Å²) in [5, 5.41) is 6.53. The molecule has 6 nitrogen and oxygen atoms in total. The Kier molecular flexibility index (Phi) is 7.37. The van der Waals surface area contributed by atoms with E-state index in [2.05, 4.69) is 58.5 Å². The van der Waals surface area contributed by atoms with Gasteiger partial charge >= 0.3 is 0 Å². The van der Waals surface area contributed by atoms with Crippen LogP contribution in [0.2, 0.25) is 0 Å². The van der Waals surface area contributed by atoms with Crippen LogP contribution >= 0.6 is 24.8 Å². The molecular formula is C20H31Cl2N5O. The van der Waals surface area contributed by atoms with Gasteiger partial charge in [-0.3, -0.25) is 9.69 Å². The number of hydrogen-bond donors (Lipinski definition) is 3. The van der Waals surface area contributed by atoms with Crippen molar-refractivity contribution in [2.24, 2.45) is 5.41 Å². The number of likely N-dealkylation sites (N-methyl/N-ethyl adjacent to an activating group) is 1. The maximum atomic E-state index is 12.8. The number of imidazole rings is 1. The predicted octanol–water partition coefficient (Wildman–Crippen LogP) is 2.71. The Hall–Kier alpha value is -1.34. The topological polar surface area (TPSA) is 73.1 Å². The van der Waals surface area contributed by atoms with Gasteiger partial charge in [-0.25, -0.2) is 4.98 Å². The number of hydrogen-bond acceptors (Lipinski definition) is 4. The molecule has 2 aliphatic heterocycles. The highest BCUT2D eigenvalue weighted by molar-refractivity contribution is 5.85. The van der Waals surface area contributed by atoms with Gasteiger partial charge in [-0.15, -0.1) is 24.8 Å². The Balaban J connectivity index is 0.00000140. The van der Waals surface area contributed by atoms with Crippen molar-refractivity contribution in [3.8, 4) is 0 Å². The van der Waals surface area contributed by atoms with Gasteiger partial charge in [0.05, 0.1) is 23.6 Å². The van der Waals surface area contributed by atoms with Crippen LogP contribution in [-0.4, -0.2) is 53.5 Å². The number of halogens is 2. The molecule has 2 aliphatic rings. The molecule has 0 bridgehead atoms. The van der Waals surface area contributed by atoms with Crippen molar-refractivity contribution in [1.82, 2.24) is 25.5 Å². The standard InChI is InChI=1S/C20H29N5O.2ClH/c1-13-4-5-15-18(14(13)2)24-17(23-15)11-22-19(26)16-10-20(12-25(16)3)6-8-21-9-7-20;;/h4-5,16,21H,6-12H2,1-3H3,(H,22,26)(H,23,24);2*1H. The molecule has 2 aromatic rings. The molecule has 3 heterocycles. The van der Waals surface area contributed by atoms with E-state index in [0.717, 1.165) is 42.9 Å². The second-order valence-electron chi connectivity index (χ2n) is 8.19. The third kappa shape index (κ3) is 4.30. The van der Waals surface area contributed by atoms with Gasteiger partial charge in [0.25, 0.3) is 0 Å². The van der Waals surface area contributed by atoms with E-state index in [1.807, 2.05) is 0 Å². The molecule has 0 aliphatic carbocycles. The fourth-order valence-corrected chi connectivity index (χ4v) is 4.62. The van der Waals surface area contributed by atoms with Gasteiger partial charge in [0.15, 0.2) is 0 Å². The number of benzene rings is 1. The van der Waals surface area contributed by atoms with Crippen molar-refractivity contribution < 1.29 is 4.79 Å². The smallest absolute Gasteiger partial charge is 0.237 e. The predicted molar refractivity (Wildman–Crippen MR) is 117 cm³/mol. The number of fused-ring (bicyclic) bond motifs is 1. The van der Waals surface area contributed by atoms with E-state index in [1.54, 1.807) is 0 Å². The largest absolute Gasteiger partial charge is 0.348 e. The van der Waals surface area contributed by atoms with Crippen molar-refractivity contribution in [3.05, 3.63) is 29.1 Å². The molecule has 3 N–H and O–H groups in total. The minimum Gasteiger partial charge on any atom is -0.348 e. The normalized spacial score (nSPS) is 21.3. The van der Waals surface area contributed by atoms with Crippen molar-refractivity contribution in [2.45, 2.75) is 45.7 Å². The second-order valence-corrected chi connectivity index (χ2v) is 8.19. The Bertz CT molecular complexity index is 831. The molecule has 1 spiro atoms. The summed E-state index contributed by atoms with van der Waals surface area (Å²) in [7, 11) is 2.08. The first-order chi connectivity index (χ1) is 12.5. The minimum atomic E-state index is -0.0264. The number of carbonyl (C=O) groups excluding carboxylic acids is 1. The molecule has 1 aromatic heterocycles. The van der Waals surface area contributed by atoms with Crippen LogP contribution in [0, 0.1) is 19.3 Å².